The number of nitriles is 1. The lowest BCUT2D eigenvalue weighted by molar-refractivity contribution is -0.122. The van der Waals surface area contributed by atoms with Crippen molar-refractivity contribution in [3.63, 3.8) is 0 Å². The molecular formula is C18H14N2O3S. The van der Waals surface area contributed by atoms with E-state index in [9.17, 15) is 9.59 Å². The molecular weight excluding hydrogens is 324 g/mol. The Kier molecular flexibility index (Phi) is 4.54. The maximum atomic E-state index is 12.2. The summed E-state index contributed by atoms with van der Waals surface area (Å²) in [4.78, 5) is 25.7. The number of hydrogen-bond donors (Lipinski definition) is 0. The number of benzene rings is 1. The van der Waals surface area contributed by atoms with E-state index in [1.54, 1.807) is 36.4 Å². The Hall–Kier alpha value is -2.78. The molecule has 0 bridgehead atoms. The topological polar surface area (TPSA) is 74.3 Å². The quantitative estimate of drug-likeness (QED) is 0.779. The van der Waals surface area contributed by atoms with Crippen molar-refractivity contribution in [3.05, 3.63) is 52.6 Å². The molecule has 0 atom stereocenters. The van der Waals surface area contributed by atoms with E-state index in [0.29, 0.717) is 34.1 Å². The summed E-state index contributed by atoms with van der Waals surface area (Å²) in [5, 5.41) is 8.91. The lowest BCUT2D eigenvalue weighted by Crippen LogP contribution is -2.28. The molecule has 1 saturated heterocycles. The summed E-state index contributed by atoms with van der Waals surface area (Å²) >= 11 is 0.916. The van der Waals surface area contributed by atoms with Gasteiger partial charge in [-0.05, 0) is 42.4 Å². The van der Waals surface area contributed by atoms with Crippen LogP contribution in [-0.4, -0.2) is 22.6 Å². The van der Waals surface area contributed by atoms with E-state index in [4.69, 9.17) is 9.68 Å². The third kappa shape index (κ3) is 2.99. The molecule has 24 heavy (non-hydrogen) atoms. The fourth-order valence-corrected chi connectivity index (χ4v) is 3.26. The van der Waals surface area contributed by atoms with Crippen LogP contribution in [0.1, 0.15) is 24.7 Å². The molecule has 3 rings (SSSR count). The Morgan fingerprint density at radius 1 is 1.25 bits per heavy atom. The summed E-state index contributed by atoms with van der Waals surface area (Å²) in [6.07, 6.45) is 2.29. The Morgan fingerprint density at radius 2 is 2.04 bits per heavy atom. The minimum absolute atomic E-state index is 0.255. The third-order valence-electron chi connectivity index (χ3n) is 3.53. The van der Waals surface area contributed by atoms with Gasteiger partial charge in [-0.25, -0.2) is 0 Å². The number of carbonyl (C=O) groups excluding carboxylic acids is 2. The van der Waals surface area contributed by atoms with E-state index in [2.05, 4.69) is 6.07 Å². The van der Waals surface area contributed by atoms with Crippen molar-refractivity contribution < 1.29 is 14.0 Å². The van der Waals surface area contributed by atoms with Crippen LogP contribution >= 0.6 is 11.8 Å². The summed E-state index contributed by atoms with van der Waals surface area (Å²) in [6.45, 7) is 2.33. The maximum absolute atomic E-state index is 12.2. The predicted molar refractivity (Wildman–Crippen MR) is 91.8 cm³/mol. The summed E-state index contributed by atoms with van der Waals surface area (Å²) in [5.41, 5.74) is 1.21. The molecule has 2 heterocycles. The molecule has 0 aliphatic carbocycles. The molecule has 1 aliphatic rings. The molecule has 1 aromatic carbocycles. The minimum Gasteiger partial charge on any atom is -0.457 e. The number of rotatable bonds is 4. The first kappa shape index (κ1) is 16.1. The Morgan fingerprint density at radius 3 is 2.79 bits per heavy atom. The Labute approximate surface area is 143 Å². The van der Waals surface area contributed by atoms with Gasteiger partial charge in [-0.2, -0.15) is 5.26 Å². The molecule has 6 heteroatoms. The second-order valence-electron chi connectivity index (χ2n) is 5.19. The zero-order chi connectivity index (χ0) is 17.1. The molecule has 2 amide bonds. The zero-order valence-electron chi connectivity index (χ0n) is 13.0. The van der Waals surface area contributed by atoms with Crippen LogP contribution in [0, 0.1) is 11.3 Å². The fraction of sp³-hybridized carbons (Fsp3) is 0.167. The van der Waals surface area contributed by atoms with Gasteiger partial charge in [-0.1, -0.05) is 19.1 Å². The van der Waals surface area contributed by atoms with Gasteiger partial charge < -0.3 is 4.42 Å². The lowest BCUT2D eigenvalue weighted by atomic mass is 10.1. The SMILES string of the molecule is CCCN1C(=O)S/C(=C/c2ccc(-c3ccccc3C#N)o2)C1=O. The molecule has 1 fully saturated rings. The average molecular weight is 338 g/mol. The first-order chi connectivity index (χ1) is 11.6. The molecule has 2 aromatic rings. The zero-order valence-corrected chi connectivity index (χ0v) is 13.8. The van der Waals surface area contributed by atoms with Gasteiger partial charge in [-0.15, -0.1) is 0 Å². The monoisotopic (exact) mass is 338 g/mol. The van der Waals surface area contributed by atoms with Gasteiger partial charge in [0.05, 0.1) is 16.5 Å². The van der Waals surface area contributed by atoms with Crippen molar-refractivity contribution in [2.24, 2.45) is 0 Å². The number of carbonyl (C=O) groups is 2. The molecule has 0 unspecified atom stereocenters. The van der Waals surface area contributed by atoms with Crippen molar-refractivity contribution >= 4 is 29.0 Å². The van der Waals surface area contributed by atoms with Crippen molar-refractivity contribution in [2.45, 2.75) is 13.3 Å². The van der Waals surface area contributed by atoms with Crippen LogP contribution < -0.4 is 0 Å². The Balaban J connectivity index is 1.88. The second-order valence-corrected chi connectivity index (χ2v) is 6.19. The first-order valence-electron chi connectivity index (χ1n) is 7.48. The van der Waals surface area contributed by atoms with Crippen molar-refractivity contribution in [1.29, 1.82) is 5.26 Å². The average Bonchev–Trinajstić information content (AvgIpc) is 3.15. The van der Waals surface area contributed by atoms with Gasteiger partial charge in [0.15, 0.2) is 0 Å². The fourth-order valence-electron chi connectivity index (χ4n) is 2.42. The highest BCUT2D eigenvalue weighted by Gasteiger charge is 2.34. The molecule has 0 N–H and O–H groups in total. The Bertz CT molecular complexity index is 876. The van der Waals surface area contributed by atoms with E-state index < -0.39 is 0 Å². The molecule has 120 valence electrons. The molecule has 1 aromatic heterocycles. The highest BCUT2D eigenvalue weighted by atomic mass is 32.2. The van der Waals surface area contributed by atoms with Crippen LogP contribution in [0.15, 0.2) is 45.7 Å². The van der Waals surface area contributed by atoms with Crippen molar-refractivity contribution in [1.82, 2.24) is 4.90 Å². The number of thioether (sulfide) groups is 1. The van der Waals surface area contributed by atoms with Crippen LogP contribution in [-0.2, 0) is 4.79 Å². The molecule has 0 saturated carbocycles. The summed E-state index contributed by atoms with van der Waals surface area (Å²) in [6, 6.07) is 12.7. The van der Waals surface area contributed by atoms with Crippen LogP contribution in [0.4, 0.5) is 4.79 Å². The second kappa shape index (κ2) is 6.77. The van der Waals surface area contributed by atoms with E-state index >= 15 is 0 Å². The van der Waals surface area contributed by atoms with Crippen molar-refractivity contribution in [2.75, 3.05) is 6.54 Å². The molecule has 1 aliphatic heterocycles. The number of imide groups is 1. The highest BCUT2D eigenvalue weighted by Crippen LogP contribution is 2.33. The van der Waals surface area contributed by atoms with Gasteiger partial charge >= 0.3 is 0 Å². The van der Waals surface area contributed by atoms with E-state index in [1.807, 2.05) is 13.0 Å². The van der Waals surface area contributed by atoms with Crippen molar-refractivity contribution in [3.8, 4) is 17.4 Å². The number of hydrogen-bond acceptors (Lipinski definition) is 5. The molecule has 5 nitrogen and oxygen atoms in total. The summed E-state index contributed by atoms with van der Waals surface area (Å²) in [5.74, 6) is 0.730. The van der Waals surface area contributed by atoms with Gasteiger partial charge in [0, 0.05) is 18.2 Å². The summed E-state index contributed by atoms with van der Waals surface area (Å²) < 4.78 is 5.73. The highest BCUT2D eigenvalue weighted by molar-refractivity contribution is 8.18. The van der Waals surface area contributed by atoms with E-state index in [0.717, 1.165) is 18.2 Å². The lowest BCUT2D eigenvalue weighted by Gasteiger charge is -2.09. The van der Waals surface area contributed by atoms with Crippen LogP contribution in [0.25, 0.3) is 17.4 Å². The summed E-state index contributed by atoms with van der Waals surface area (Å²) in [7, 11) is 0. The van der Waals surface area contributed by atoms with E-state index in [-0.39, 0.29) is 11.1 Å². The first-order valence-corrected chi connectivity index (χ1v) is 8.30. The van der Waals surface area contributed by atoms with Gasteiger partial charge in [0.1, 0.15) is 11.5 Å². The predicted octanol–water partition coefficient (Wildman–Crippen LogP) is 4.26. The standard InChI is InChI=1S/C18H14N2O3S/c1-2-9-20-17(21)16(24-18(20)22)10-13-7-8-15(23-13)14-6-4-3-5-12(14)11-19/h3-8,10H,2,9H2,1H3/b16-10+. The molecule has 0 spiro atoms. The smallest absolute Gasteiger partial charge is 0.293 e. The largest absolute Gasteiger partial charge is 0.457 e. The third-order valence-corrected chi connectivity index (χ3v) is 4.44. The molecule has 0 radical (unpaired) electrons. The van der Waals surface area contributed by atoms with Crippen LogP contribution in [0.5, 0.6) is 0 Å². The minimum atomic E-state index is -0.290. The van der Waals surface area contributed by atoms with Crippen LogP contribution in [0.3, 0.4) is 0 Å². The normalized spacial score (nSPS) is 16.0. The van der Waals surface area contributed by atoms with Gasteiger partial charge in [0.25, 0.3) is 11.1 Å². The number of furan rings is 1. The van der Waals surface area contributed by atoms with Gasteiger partial charge in [0.2, 0.25) is 0 Å². The maximum Gasteiger partial charge on any atom is 0.293 e. The van der Waals surface area contributed by atoms with E-state index in [1.165, 1.54) is 4.90 Å². The number of amides is 2. The number of nitrogens with zero attached hydrogens (tertiary/aromatic N) is 2. The van der Waals surface area contributed by atoms with Gasteiger partial charge in [-0.3, -0.25) is 14.5 Å². The van der Waals surface area contributed by atoms with Crippen LogP contribution in [0.2, 0.25) is 0 Å².